The Morgan fingerprint density at radius 3 is 2.22 bits per heavy atom. The Bertz CT molecular complexity index is 867. The first-order chi connectivity index (χ1) is 12.5. The minimum atomic E-state index is -4.49. The molecule has 0 aromatic heterocycles. The Kier molecular flexibility index (Phi) is 6.88. The lowest BCUT2D eigenvalue weighted by Gasteiger charge is -2.33. The van der Waals surface area contributed by atoms with Crippen LogP contribution in [-0.4, -0.2) is 6.18 Å². The second-order valence-electron chi connectivity index (χ2n) is 6.56. The molecule has 0 aliphatic carbocycles. The van der Waals surface area contributed by atoms with E-state index in [1.54, 1.807) is 25.1 Å². The standard InChI is InChI=1S/C21H18BrCl2F3/c1-4-5-19(22)14-7-6-13(2)15(8-14)12-20(3,21(25,26)27)16-9-17(23)11-18(24)10-16/h4-11H,1,12H2,2-3H3/b19-5-. The molecule has 1 unspecified atom stereocenters. The first kappa shape index (κ1) is 22.1. The predicted octanol–water partition coefficient (Wildman–Crippen LogP) is 8.29. The van der Waals surface area contributed by atoms with Gasteiger partial charge in [0, 0.05) is 14.5 Å². The van der Waals surface area contributed by atoms with Crippen molar-refractivity contribution < 1.29 is 13.2 Å². The Hall–Kier alpha value is -1.23. The zero-order valence-corrected chi connectivity index (χ0v) is 17.9. The molecule has 0 radical (unpaired) electrons. The summed E-state index contributed by atoms with van der Waals surface area (Å²) >= 11 is 15.4. The van der Waals surface area contributed by atoms with E-state index < -0.39 is 11.6 Å². The number of alkyl halides is 3. The van der Waals surface area contributed by atoms with Crippen molar-refractivity contribution in [1.82, 2.24) is 0 Å². The molecule has 0 heterocycles. The first-order valence-electron chi connectivity index (χ1n) is 8.09. The van der Waals surface area contributed by atoms with Crippen molar-refractivity contribution in [1.29, 1.82) is 0 Å². The third-order valence-corrected chi connectivity index (χ3v) is 5.72. The zero-order chi connectivity index (χ0) is 20.4. The molecule has 6 heteroatoms. The third kappa shape index (κ3) is 4.98. The highest BCUT2D eigenvalue weighted by atomic mass is 79.9. The summed E-state index contributed by atoms with van der Waals surface area (Å²) < 4.78 is 43.1. The van der Waals surface area contributed by atoms with Crippen LogP contribution in [0.3, 0.4) is 0 Å². The topological polar surface area (TPSA) is 0 Å². The average molecular weight is 478 g/mol. The van der Waals surface area contributed by atoms with Gasteiger partial charge in [0.15, 0.2) is 0 Å². The van der Waals surface area contributed by atoms with E-state index >= 15 is 0 Å². The summed E-state index contributed by atoms with van der Waals surface area (Å²) in [4.78, 5) is 0. The highest BCUT2D eigenvalue weighted by molar-refractivity contribution is 9.15. The Labute approximate surface area is 175 Å². The lowest BCUT2D eigenvalue weighted by Crippen LogP contribution is -2.41. The van der Waals surface area contributed by atoms with Crippen molar-refractivity contribution in [2.45, 2.75) is 31.9 Å². The van der Waals surface area contributed by atoms with Crippen LogP contribution in [0.25, 0.3) is 4.48 Å². The van der Waals surface area contributed by atoms with Gasteiger partial charge in [0.05, 0.1) is 5.41 Å². The van der Waals surface area contributed by atoms with Gasteiger partial charge in [-0.3, -0.25) is 0 Å². The maximum atomic E-state index is 14.1. The van der Waals surface area contributed by atoms with E-state index in [2.05, 4.69) is 22.5 Å². The molecule has 0 aliphatic rings. The minimum absolute atomic E-state index is 0.0398. The number of rotatable bonds is 5. The van der Waals surface area contributed by atoms with E-state index in [1.807, 2.05) is 12.1 Å². The summed E-state index contributed by atoms with van der Waals surface area (Å²) in [7, 11) is 0. The highest BCUT2D eigenvalue weighted by Crippen LogP contribution is 2.45. The van der Waals surface area contributed by atoms with Gasteiger partial charge in [-0.05, 0) is 66.8 Å². The van der Waals surface area contributed by atoms with Crippen molar-refractivity contribution in [3.8, 4) is 0 Å². The molecule has 0 aliphatic heterocycles. The number of hydrogen-bond acceptors (Lipinski definition) is 0. The van der Waals surface area contributed by atoms with Gasteiger partial charge in [-0.25, -0.2) is 0 Å². The van der Waals surface area contributed by atoms with Gasteiger partial charge in [0.25, 0.3) is 0 Å². The first-order valence-corrected chi connectivity index (χ1v) is 9.64. The largest absolute Gasteiger partial charge is 0.398 e. The van der Waals surface area contributed by atoms with Gasteiger partial charge in [-0.15, -0.1) is 0 Å². The molecule has 144 valence electrons. The highest BCUT2D eigenvalue weighted by Gasteiger charge is 2.52. The molecule has 0 saturated heterocycles. The van der Waals surface area contributed by atoms with Gasteiger partial charge in [-0.1, -0.05) is 70.0 Å². The van der Waals surface area contributed by atoms with E-state index in [0.29, 0.717) is 5.56 Å². The number of halogens is 6. The number of benzene rings is 2. The average Bonchev–Trinajstić information content (AvgIpc) is 2.55. The number of allylic oxidation sites excluding steroid dienone is 2. The SMILES string of the molecule is C=C/C=C(\Br)c1ccc(C)c(CC(C)(c2cc(Cl)cc(Cl)c2)C(F)(F)F)c1. The molecule has 2 rings (SSSR count). The van der Waals surface area contributed by atoms with Crippen LogP contribution in [0.4, 0.5) is 13.2 Å². The lowest BCUT2D eigenvalue weighted by molar-refractivity contribution is -0.185. The fraction of sp³-hybridized carbons (Fsp3) is 0.238. The van der Waals surface area contributed by atoms with Crippen molar-refractivity contribution in [3.63, 3.8) is 0 Å². The summed E-state index contributed by atoms with van der Waals surface area (Å²) in [6, 6.07) is 9.50. The van der Waals surface area contributed by atoms with Gasteiger partial charge >= 0.3 is 6.18 Å². The van der Waals surface area contributed by atoms with Crippen LogP contribution in [0.15, 0.2) is 55.1 Å². The van der Waals surface area contributed by atoms with Gasteiger partial charge in [-0.2, -0.15) is 13.2 Å². The van der Waals surface area contributed by atoms with Gasteiger partial charge in [0.1, 0.15) is 0 Å². The van der Waals surface area contributed by atoms with Crippen LogP contribution in [-0.2, 0) is 11.8 Å². The summed E-state index contributed by atoms with van der Waals surface area (Å²) in [5.74, 6) is 0. The minimum Gasteiger partial charge on any atom is -0.170 e. The third-order valence-electron chi connectivity index (χ3n) is 4.56. The van der Waals surface area contributed by atoms with Crippen molar-refractivity contribution in [2.75, 3.05) is 0 Å². The molecule has 0 nitrogen and oxygen atoms in total. The molecule has 0 spiro atoms. The van der Waals surface area contributed by atoms with E-state index in [1.165, 1.54) is 25.1 Å². The predicted molar refractivity (Wildman–Crippen MR) is 112 cm³/mol. The second kappa shape index (κ2) is 8.42. The Morgan fingerprint density at radius 2 is 1.70 bits per heavy atom. The van der Waals surface area contributed by atoms with Crippen molar-refractivity contribution in [2.24, 2.45) is 0 Å². The Morgan fingerprint density at radius 1 is 1.11 bits per heavy atom. The van der Waals surface area contributed by atoms with Crippen LogP contribution in [0.2, 0.25) is 10.0 Å². The fourth-order valence-corrected chi connectivity index (χ4v) is 3.79. The van der Waals surface area contributed by atoms with Crippen LogP contribution >= 0.6 is 39.1 Å². The van der Waals surface area contributed by atoms with Crippen molar-refractivity contribution in [3.05, 3.63) is 87.4 Å². The smallest absolute Gasteiger partial charge is 0.170 e. The maximum absolute atomic E-state index is 14.1. The number of aryl methyl sites for hydroxylation is 1. The van der Waals surface area contributed by atoms with Gasteiger partial charge < -0.3 is 0 Å². The molecule has 1 atom stereocenters. The molecule has 0 fully saturated rings. The maximum Gasteiger partial charge on any atom is 0.398 e. The van der Waals surface area contributed by atoms with Crippen LogP contribution in [0, 0.1) is 6.92 Å². The molecular formula is C21H18BrCl2F3. The van der Waals surface area contributed by atoms with E-state index in [9.17, 15) is 13.2 Å². The monoisotopic (exact) mass is 476 g/mol. The van der Waals surface area contributed by atoms with E-state index in [-0.39, 0.29) is 22.0 Å². The molecular weight excluding hydrogens is 460 g/mol. The van der Waals surface area contributed by atoms with E-state index in [4.69, 9.17) is 23.2 Å². The molecule has 0 N–H and O–H groups in total. The van der Waals surface area contributed by atoms with Crippen LogP contribution in [0.1, 0.15) is 29.2 Å². The van der Waals surface area contributed by atoms with Crippen LogP contribution in [0.5, 0.6) is 0 Å². The number of hydrogen-bond donors (Lipinski definition) is 0. The molecule has 0 saturated carbocycles. The Balaban J connectivity index is 2.59. The van der Waals surface area contributed by atoms with E-state index in [0.717, 1.165) is 15.6 Å². The van der Waals surface area contributed by atoms with Gasteiger partial charge in [0.2, 0.25) is 0 Å². The molecule has 2 aromatic rings. The molecule has 0 bridgehead atoms. The summed E-state index contributed by atoms with van der Waals surface area (Å²) in [5.41, 5.74) is 0.0563. The molecule has 2 aromatic carbocycles. The fourth-order valence-electron chi connectivity index (χ4n) is 2.83. The second-order valence-corrected chi connectivity index (χ2v) is 8.28. The quantitative estimate of drug-likeness (QED) is 0.380. The summed E-state index contributed by atoms with van der Waals surface area (Å²) in [5, 5.41) is 0.352. The normalized spacial score (nSPS) is 14.7. The zero-order valence-electron chi connectivity index (χ0n) is 14.8. The molecule has 0 amide bonds. The lowest BCUT2D eigenvalue weighted by atomic mass is 9.75. The summed E-state index contributed by atoms with van der Waals surface area (Å²) in [6.45, 7) is 6.61. The molecule has 27 heavy (non-hydrogen) atoms. The van der Waals surface area contributed by atoms with Crippen molar-refractivity contribution >= 4 is 43.6 Å². The van der Waals surface area contributed by atoms with Crippen LogP contribution < -0.4 is 0 Å². The summed E-state index contributed by atoms with van der Waals surface area (Å²) in [6.07, 6.45) is -1.37.